The van der Waals surface area contributed by atoms with Crippen molar-refractivity contribution in [3.05, 3.63) is 93.4 Å². The highest BCUT2D eigenvalue weighted by molar-refractivity contribution is 9.10. The van der Waals surface area contributed by atoms with E-state index in [1.165, 1.54) is 0 Å². The van der Waals surface area contributed by atoms with E-state index in [4.69, 9.17) is 16.3 Å². The van der Waals surface area contributed by atoms with E-state index in [0.717, 1.165) is 15.6 Å². The highest BCUT2D eigenvalue weighted by atomic mass is 79.9. The van der Waals surface area contributed by atoms with Crippen LogP contribution >= 0.6 is 27.5 Å². The fourth-order valence-electron chi connectivity index (χ4n) is 3.02. The predicted octanol–water partition coefficient (Wildman–Crippen LogP) is 5.14. The van der Waals surface area contributed by atoms with Crippen LogP contribution in [0.2, 0.25) is 5.02 Å². The third-order valence-corrected chi connectivity index (χ3v) is 5.14. The van der Waals surface area contributed by atoms with Crippen LogP contribution in [-0.2, 0) is 13.3 Å². The van der Waals surface area contributed by atoms with Crippen LogP contribution in [0.1, 0.15) is 21.6 Å². The van der Waals surface area contributed by atoms with Crippen LogP contribution in [0.4, 0.5) is 5.69 Å². The number of carbonyl (C=O) groups is 1. The Labute approximate surface area is 192 Å². The molecule has 1 N–H and O–H groups in total. The molecule has 2 aromatic carbocycles. The molecule has 4 aromatic rings. The number of rotatable bonds is 7. The summed E-state index contributed by atoms with van der Waals surface area (Å²) in [5.74, 6) is 0.423. The van der Waals surface area contributed by atoms with Crippen LogP contribution in [0, 0.1) is 6.92 Å². The summed E-state index contributed by atoms with van der Waals surface area (Å²) in [4.78, 5) is 12.6. The number of benzene rings is 2. The van der Waals surface area contributed by atoms with Crippen molar-refractivity contribution in [2.45, 2.75) is 20.2 Å². The summed E-state index contributed by atoms with van der Waals surface area (Å²) in [5, 5.41) is 12.1. The number of nitrogens with one attached hydrogen (secondary N) is 1. The lowest BCUT2D eigenvalue weighted by Gasteiger charge is -2.09. The second-order valence-corrected chi connectivity index (χ2v) is 8.29. The van der Waals surface area contributed by atoms with Gasteiger partial charge in [-0.15, -0.1) is 0 Å². The Balaban J connectivity index is 1.37. The van der Waals surface area contributed by atoms with Crippen LogP contribution in [0.5, 0.6) is 5.75 Å². The monoisotopic (exact) mass is 499 g/mol. The van der Waals surface area contributed by atoms with Gasteiger partial charge in [0.15, 0.2) is 12.4 Å². The van der Waals surface area contributed by atoms with Gasteiger partial charge in [0.05, 0.1) is 17.2 Å². The van der Waals surface area contributed by atoms with Gasteiger partial charge in [-0.2, -0.15) is 10.2 Å². The van der Waals surface area contributed by atoms with E-state index in [2.05, 4.69) is 31.4 Å². The highest BCUT2D eigenvalue weighted by Gasteiger charge is 2.11. The molecular weight excluding hydrogens is 482 g/mol. The van der Waals surface area contributed by atoms with Gasteiger partial charge < -0.3 is 10.1 Å². The first-order chi connectivity index (χ1) is 15.0. The van der Waals surface area contributed by atoms with Gasteiger partial charge in [-0.1, -0.05) is 23.7 Å². The molecule has 2 heterocycles. The molecule has 1 amide bonds. The normalized spacial score (nSPS) is 10.8. The summed E-state index contributed by atoms with van der Waals surface area (Å²) in [5.41, 5.74) is 2.94. The molecule has 0 atom stereocenters. The maximum absolute atomic E-state index is 12.6. The molecule has 0 radical (unpaired) electrons. The zero-order valence-corrected chi connectivity index (χ0v) is 19.0. The summed E-state index contributed by atoms with van der Waals surface area (Å²) >= 11 is 9.35. The van der Waals surface area contributed by atoms with Crippen molar-refractivity contribution in [2.75, 3.05) is 5.32 Å². The summed E-state index contributed by atoms with van der Waals surface area (Å²) in [6.45, 7) is 2.71. The molecule has 158 valence electrons. The molecule has 0 aliphatic heterocycles. The quantitative estimate of drug-likeness (QED) is 0.381. The number of hydrogen-bond acceptors (Lipinski definition) is 4. The Morgan fingerprint density at radius 1 is 1.19 bits per heavy atom. The van der Waals surface area contributed by atoms with Gasteiger partial charge >= 0.3 is 0 Å². The van der Waals surface area contributed by atoms with Crippen molar-refractivity contribution in [3.63, 3.8) is 0 Å². The third-order valence-electron chi connectivity index (χ3n) is 4.49. The second kappa shape index (κ2) is 9.36. The number of nitrogens with zero attached hydrogens (tertiary/aromatic N) is 4. The molecule has 0 fully saturated rings. The molecule has 31 heavy (non-hydrogen) atoms. The maximum Gasteiger partial charge on any atom is 0.276 e. The van der Waals surface area contributed by atoms with E-state index < -0.39 is 0 Å². The summed E-state index contributed by atoms with van der Waals surface area (Å²) in [6, 6.07) is 14.7. The van der Waals surface area contributed by atoms with Gasteiger partial charge in [-0.3, -0.25) is 9.48 Å². The number of aryl methyl sites for hydroxylation is 1. The summed E-state index contributed by atoms with van der Waals surface area (Å²) in [6.07, 6.45) is 5.33. The number of amides is 1. The smallest absolute Gasteiger partial charge is 0.276 e. The molecule has 2 aromatic heterocycles. The summed E-state index contributed by atoms with van der Waals surface area (Å²) in [7, 11) is 0. The standard InChI is InChI=1S/C22H19BrClN5O2/c1-15-9-18(24)5-6-21(15)31-14-28-8-7-20(27-28)22(30)26-19-4-2-3-16(10-19)12-29-13-17(23)11-25-29/h2-11,13H,12,14H2,1H3,(H,26,30). The van der Waals surface area contributed by atoms with Crippen LogP contribution < -0.4 is 10.1 Å². The first-order valence-electron chi connectivity index (χ1n) is 9.47. The lowest BCUT2D eigenvalue weighted by atomic mass is 10.2. The number of halogens is 2. The Morgan fingerprint density at radius 3 is 2.84 bits per heavy atom. The molecule has 0 saturated carbocycles. The first kappa shape index (κ1) is 21.1. The van der Waals surface area contributed by atoms with E-state index in [1.54, 1.807) is 29.2 Å². The predicted molar refractivity (Wildman–Crippen MR) is 122 cm³/mol. The van der Waals surface area contributed by atoms with Gasteiger partial charge in [0, 0.05) is 23.1 Å². The minimum atomic E-state index is -0.291. The molecule has 9 heteroatoms. The van der Waals surface area contributed by atoms with Crippen molar-refractivity contribution in [2.24, 2.45) is 0 Å². The Kier molecular flexibility index (Phi) is 6.39. The number of anilines is 1. The largest absolute Gasteiger partial charge is 0.471 e. The Morgan fingerprint density at radius 2 is 2.06 bits per heavy atom. The van der Waals surface area contributed by atoms with Crippen molar-refractivity contribution in [3.8, 4) is 5.75 Å². The molecule has 0 aliphatic carbocycles. The molecule has 0 aliphatic rings. The lowest BCUT2D eigenvalue weighted by Crippen LogP contribution is -2.14. The van der Waals surface area contributed by atoms with Gasteiger partial charge in [0.25, 0.3) is 5.91 Å². The van der Waals surface area contributed by atoms with E-state index in [-0.39, 0.29) is 12.6 Å². The van der Waals surface area contributed by atoms with Crippen molar-refractivity contribution in [1.29, 1.82) is 0 Å². The lowest BCUT2D eigenvalue weighted by molar-refractivity contribution is 0.102. The number of hydrogen-bond donors (Lipinski definition) is 1. The summed E-state index contributed by atoms with van der Waals surface area (Å²) < 4.78 is 10.1. The van der Waals surface area contributed by atoms with Crippen LogP contribution in [-0.4, -0.2) is 25.5 Å². The molecule has 0 saturated heterocycles. The average Bonchev–Trinajstić information content (AvgIpc) is 3.37. The molecule has 4 rings (SSSR count). The van der Waals surface area contributed by atoms with Crippen LogP contribution in [0.25, 0.3) is 0 Å². The van der Waals surface area contributed by atoms with Crippen LogP contribution in [0.15, 0.2) is 71.6 Å². The highest BCUT2D eigenvalue weighted by Crippen LogP contribution is 2.22. The van der Waals surface area contributed by atoms with Crippen molar-refractivity contribution < 1.29 is 9.53 Å². The molecule has 0 unspecified atom stereocenters. The fraction of sp³-hybridized carbons (Fsp3) is 0.136. The fourth-order valence-corrected chi connectivity index (χ4v) is 3.57. The van der Waals surface area contributed by atoms with Gasteiger partial charge in [0.2, 0.25) is 0 Å². The average molecular weight is 501 g/mol. The van der Waals surface area contributed by atoms with Crippen molar-refractivity contribution >= 4 is 39.1 Å². The van der Waals surface area contributed by atoms with Crippen molar-refractivity contribution in [1.82, 2.24) is 19.6 Å². The van der Waals surface area contributed by atoms with Crippen LogP contribution in [0.3, 0.4) is 0 Å². The van der Waals surface area contributed by atoms with E-state index >= 15 is 0 Å². The number of ether oxygens (including phenoxy) is 1. The first-order valence-corrected chi connectivity index (χ1v) is 10.6. The minimum absolute atomic E-state index is 0.185. The maximum atomic E-state index is 12.6. The van der Waals surface area contributed by atoms with Gasteiger partial charge in [0.1, 0.15) is 5.75 Å². The molecular formula is C22H19BrClN5O2. The SMILES string of the molecule is Cc1cc(Cl)ccc1OCn1ccc(C(=O)Nc2cccc(Cn3cc(Br)cn3)c2)n1. The van der Waals surface area contributed by atoms with E-state index in [1.807, 2.05) is 54.2 Å². The van der Waals surface area contributed by atoms with Gasteiger partial charge in [-0.25, -0.2) is 4.68 Å². The second-order valence-electron chi connectivity index (χ2n) is 6.93. The number of aromatic nitrogens is 4. The molecule has 0 spiro atoms. The zero-order chi connectivity index (χ0) is 21.8. The van der Waals surface area contributed by atoms with E-state index in [0.29, 0.717) is 28.7 Å². The minimum Gasteiger partial charge on any atom is -0.471 e. The Bertz CT molecular complexity index is 1220. The molecule has 0 bridgehead atoms. The molecule has 7 nitrogen and oxygen atoms in total. The van der Waals surface area contributed by atoms with E-state index in [9.17, 15) is 4.79 Å². The van der Waals surface area contributed by atoms with Gasteiger partial charge in [-0.05, 0) is 70.4 Å². The number of carbonyl (C=O) groups excluding carboxylic acids is 1. The third kappa shape index (κ3) is 5.53. The zero-order valence-electron chi connectivity index (χ0n) is 16.6. The topological polar surface area (TPSA) is 74.0 Å². The Hall–Kier alpha value is -3.10.